The molecule has 0 spiro atoms. The molecule has 0 fully saturated rings. The summed E-state index contributed by atoms with van der Waals surface area (Å²) in [5.41, 5.74) is 0. The van der Waals surface area contributed by atoms with Crippen molar-refractivity contribution in [3.05, 3.63) is 0 Å². The minimum atomic E-state index is 0.0593. The highest BCUT2D eigenvalue weighted by atomic mass is 79.9. The maximum absolute atomic E-state index is 10.5. The summed E-state index contributed by atoms with van der Waals surface area (Å²) in [5.74, 6) is 1.04. The molecule has 0 aliphatic heterocycles. The lowest BCUT2D eigenvalue weighted by atomic mass is 10.6. The monoisotopic (exact) mass is 211 g/mol. The van der Waals surface area contributed by atoms with Gasteiger partial charge in [-0.2, -0.15) is 11.8 Å². The van der Waals surface area contributed by atoms with Gasteiger partial charge in [0.25, 0.3) is 0 Å². The third-order valence-electron chi connectivity index (χ3n) is 0.750. The molecule has 4 heteroatoms. The number of nitrogens with one attached hydrogen (secondary N) is 1. The summed E-state index contributed by atoms with van der Waals surface area (Å²) in [6.45, 7) is 0.769. The predicted octanol–water partition coefficient (Wildman–Crippen LogP) is 0.861. The summed E-state index contributed by atoms with van der Waals surface area (Å²) in [5, 5.41) is 3.13. The molecular formula is C5H10BrNOS. The van der Waals surface area contributed by atoms with Gasteiger partial charge in [-0.05, 0) is 6.26 Å². The largest absolute Gasteiger partial charge is 0.355 e. The quantitative estimate of drug-likeness (QED) is 0.553. The van der Waals surface area contributed by atoms with Crippen LogP contribution >= 0.6 is 27.7 Å². The van der Waals surface area contributed by atoms with Gasteiger partial charge < -0.3 is 5.32 Å². The Kier molecular flexibility index (Phi) is 6.63. The Morgan fingerprint density at radius 2 is 2.44 bits per heavy atom. The van der Waals surface area contributed by atoms with E-state index < -0.39 is 0 Å². The second-order valence-corrected chi connectivity index (χ2v) is 3.02. The fraction of sp³-hybridized carbons (Fsp3) is 0.800. The molecule has 0 aromatic heterocycles. The van der Waals surface area contributed by atoms with E-state index in [1.807, 2.05) is 6.26 Å². The van der Waals surface area contributed by atoms with Crippen LogP contribution in [0.3, 0.4) is 0 Å². The number of hydrogen-bond acceptors (Lipinski definition) is 2. The highest BCUT2D eigenvalue weighted by Gasteiger charge is 1.93. The van der Waals surface area contributed by atoms with Crippen molar-refractivity contribution in [2.75, 3.05) is 23.9 Å². The second kappa shape index (κ2) is 6.42. The summed E-state index contributed by atoms with van der Waals surface area (Å²) < 4.78 is 0. The molecule has 0 bridgehead atoms. The first kappa shape index (κ1) is 9.30. The first-order chi connectivity index (χ1) is 4.31. The van der Waals surface area contributed by atoms with E-state index in [0.29, 0.717) is 5.33 Å². The molecule has 0 aromatic carbocycles. The molecule has 9 heavy (non-hydrogen) atoms. The number of thioether (sulfide) groups is 1. The lowest BCUT2D eigenvalue weighted by Gasteiger charge is -1.98. The van der Waals surface area contributed by atoms with Crippen LogP contribution in [0.1, 0.15) is 0 Å². The normalized spacial score (nSPS) is 9.11. The van der Waals surface area contributed by atoms with Crippen molar-refractivity contribution in [1.82, 2.24) is 5.32 Å². The number of halogens is 1. The Hall–Kier alpha value is 0.300. The molecule has 0 atom stereocenters. The Bertz CT molecular complexity index is 89.0. The number of rotatable bonds is 4. The van der Waals surface area contributed by atoms with Gasteiger partial charge in [0.1, 0.15) is 0 Å². The molecular weight excluding hydrogens is 202 g/mol. The molecule has 1 N–H and O–H groups in total. The van der Waals surface area contributed by atoms with Crippen molar-refractivity contribution in [1.29, 1.82) is 0 Å². The van der Waals surface area contributed by atoms with Gasteiger partial charge in [0.15, 0.2) is 0 Å². The van der Waals surface area contributed by atoms with Gasteiger partial charge in [-0.25, -0.2) is 0 Å². The van der Waals surface area contributed by atoms with Gasteiger partial charge in [0.2, 0.25) is 5.91 Å². The Morgan fingerprint density at radius 1 is 1.78 bits per heavy atom. The van der Waals surface area contributed by atoms with E-state index in [0.717, 1.165) is 12.3 Å². The summed E-state index contributed by atoms with van der Waals surface area (Å²) in [7, 11) is 0. The van der Waals surface area contributed by atoms with Crippen LogP contribution in [0.5, 0.6) is 0 Å². The van der Waals surface area contributed by atoms with Crippen LogP contribution in [0.4, 0.5) is 0 Å². The molecule has 0 unspecified atom stereocenters. The SMILES string of the molecule is CSCCNC(=O)CBr. The molecule has 1 amide bonds. The van der Waals surface area contributed by atoms with E-state index in [9.17, 15) is 4.79 Å². The van der Waals surface area contributed by atoms with E-state index in [4.69, 9.17) is 0 Å². The minimum Gasteiger partial charge on any atom is -0.355 e. The predicted molar refractivity (Wildman–Crippen MR) is 45.2 cm³/mol. The first-order valence-electron chi connectivity index (χ1n) is 2.63. The van der Waals surface area contributed by atoms with Crippen LogP contribution in [0, 0.1) is 0 Å². The molecule has 0 aromatic rings. The van der Waals surface area contributed by atoms with E-state index in [2.05, 4.69) is 21.2 Å². The lowest BCUT2D eigenvalue weighted by Crippen LogP contribution is -2.26. The molecule has 0 saturated carbocycles. The second-order valence-electron chi connectivity index (χ2n) is 1.48. The van der Waals surface area contributed by atoms with Gasteiger partial charge in [0.05, 0.1) is 5.33 Å². The topological polar surface area (TPSA) is 29.1 Å². The van der Waals surface area contributed by atoms with Crippen molar-refractivity contribution < 1.29 is 4.79 Å². The number of carbonyl (C=O) groups is 1. The molecule has 2 nitrogen and oxygen atoms in total. The number of amides is 1. The standard InChI is InChI=1S/C5H10BrNOS/c1-9-3-2-7-5(8)4-6/h2-4H2,1H3,(H,7,8). The Balaban J connectivity index is 2.97. The van der Waals surface area contributed by atoms with Crippen molar-refractivity contribution in [2.45, 2.75) is 0 Å². The third kappa shape index (κ3) is 6.18. The lowest BCUT2D eigenvalue weighted by molar-refractivity contribution is -0.118. The van der Waals surface area contributed by atoms with E-state index in [1.54, 1.807) is 11.8 Å². The maximum atomic E-state index is 10.5. The number of carbonyl (C=O) groups excluding carboxylic acids is 1. The molecule has 54 valence electrons. The molecule has 0 rings (SSSR count). The smallest absolute Gasteiger partial charge is 0.230 e. The molecule has 0 aliphatic carbocycles. The highest BCUT2D eigenvalue weighted by Crippen LogP contribution is 1.87. The molecule has 0 saturated heterocycles. The molecule has 0 radical (unpaired) electrons. The average molecular weight is 212 g/mol. The fourth-order valence-corrected chi connectivity index (χ4v) is 0.844. The van der Waals surface area contributed by atoms with E-state index in [-0.39, 0.29) is 5.91 Å². The van der Waals surface area contributed by atoms with Gasteiger partial charge in [0, 0.05) is 12.3 Å². The van der Waals surface area contributed by atoms with Crippen molar-refractivity contribution in [2.24, 2.45) is 0 Å². The zero-order valence-electron chi connectivity index (χ0n) is 5.32. The van der Waals surface area contributed by atoms with E-state index >= 15 is 0 Å². The van der Waals surface area contributed by atoms with Crippen LogP contribution < -0.4 is 5.32 Å². The fourth-order valence-electron chi connectivity index (χ4n) is 0.340. The van der Waals surface area contributed by atoms with Crippen LogP contribution in [0.15, 0.2) is 0 Å². The zero-order chi connectivity index (χ0) is 7.11. The zero-order valence-corrected chi connectivity index (χ0v) is 7.72. The summed E-state index contributed by atoms with van der Waals surface area (Å²) in [4.78, 5) is 10.5. The summed E-state index contributed by atoms with van der Waals surface area (Å²) in [6.07, 6.45) is 2.01. The highest BCUT2D eigenvalue weighted by molar-refractivity contribution is 9.09. The summed E-state index contributed by atoms with van der Waals surface area (Å²) >= 11 is 4.77. The average Bonchev–Trinajstić information content (AvgIpc) is 1.89. The minimum absolute atomic E-state index is 0.0593. The van der Waals surface area contributed by atoms with Crippen LogP contribution in [-0.2, 0) is 4.79 Å². The van der Waals surface area contributed by atoms with Gasteiger partial charge in [-0.15, -0.1) is 0 Å². The van der Waals surface area contributed by atoms with Crippen LogP contribution in [0.25, 0.3) is 0 Å². The van der Waals surface area contributed by atoms with Crippen molar-refractivity contribution in [3.63, 3.8) is 0 Å². The van der Waals surface area contributed by atoms with Gasteiger partial charge >= 0.3 is 0 Å². The van der Waals surface area contributed by atoms with E-state index in [1.165, 1.54) is 0 Å². The Labute approximate surface area is 67.9 Å². The molecule has 0 aliphatic rings. The van der Waals surface area contributed by atoms with Crippen LogP contribution in [-0.4, -0.2) is 29.8 Å². The third-order valence-corrected chi connectivity index (χ3v) is 1.87. The van der Waals surface area contributed by atoms with Crippen LogP contribution in [0.2, 0.25) is 0 Å². The number of alkyl halides is 1. The Morgan fingerprint density at radius 3 is 2.89 bits per heavy atom. The maximum Gasteiger partial charge on any atom is 0.230 e. The first-order valence-corrected chi connectivity index (χ1v) is 5.14. The van der Waals surface area contributed by atoms with Crippen molar-refractivity contribution >= 4 is 33.6 Å². The summed E-state index contributed by atoms with van der Waals surface area (Å²) in [6, 6.07) is 0. The number of hydrogen-bond donors (Lipinski definition) is 1. The van der Waals surface area contributed by atoms with Gasteiger partial charge in [-0.1, -0.05) is 15.9 Å². The molecule has 0 heterocycles. The van der Waals surface area contributed by atoms with Gasteiger partial charge in [-0.3, -0.25) is 4.79 Å². The van der Waals surface area contributed by atoms with Crippen molar-refractivity contribution in [3.8, 4) is 0 Å².